The lowest BCUT2D eigenvalue weighted by atomic mass is 10.1. The maximum absolute atomic E-state index is 11.8. The maximum Gasteiger partial charge on any atom is 0.355 e. The van der Waals surface area contributed by atoms with Gasteiger partial charge in [-0.1, -0.05) is 0 Å². The van der Waals surface area contributed by atoms with E-state index in [2.05, 4.69) is 9.72 Å². The van der Waals surface area contributed by atoms with Crippen molar-refractivity contribution in [1.29, 1.82) is 0 Å². The molecule has 0 amide bonds. The number of rotatable bonds is 4. The molecule has 0 aliphatic carbocycles. The molecule has 0 saturated heterocycles. The van der Waals surface area contributed by atoms with Crippen molar-refractivity contribution in [1.82, 2.24) is 4.98 Å². The Kier molecular flexibility index (Phi) is 3.88. The Morgan fingerprint density at radius 2 is 2.05 bits per heavy atom. The molecule has 0 saturated carbocycles. The third kappa shape index (κ3) is 2.55. The van der Waals surface area contributed by atoms with Gasteiger partial charge in [-0.05, 0) is 13.0 Å². The molecule has 0 fully saturated rings. The van der Waals surface area contributed by atoms with Gasteiger partial charge in [0.1, 0.15) is 5.69 Å². The van der Waals surface area contributed by atoms with Gasteiger partial charge in [-0.15, -0.1) is 0 Å². The number of aromatic nitrogens is 1. The molecule has 0 radical (unpaired) electrons. The number of nitrogens with one attached hydrogen (secondary N) is 1. The van der Waals surface area contributed by atoms with Crippen molar-refractivity contribution in [3.63, 3.8) is 0 Å². The van der Waals surface area contributed by atoms with Gasteiger partial charge >= 0.3 is 11.9 Å². The fourth-order valence-corrected chi connectivity index (χ4v) is 2.00. The zero-order valence-electron chi connectivity index (χ0n) is 11.3. The molecule has 0 bridgehead atoms. The lowest BCUT2D eigenvalue weighted by molar-refractivity contribution is -0.383. The Balaban J connectivity index is 2.70. The minimum Gasteiger partial charge on any atom is -0.465 e. The summed E-state index contributed by atoms with van der Waals surface area (Å²) in [5, 5.41) is 11.7. The summed E-state index contributed by atoms with van der Waals surface area (Å²) < 4.78 is 9.39. The summed E-state index contributed by atoms with van der Waals surface area (Å²) >= 11 is 0. The predicted octanol–water partition coefficient (Wildman–Crippen LogP) is 2.04. The topological polar surface area (TPSA) is 112 Å². The number of benzene rings is 1. The van der Waals surface area contributed by atoms with Gasteiger partial charge in [0.05, 0.1) is 29.6 Å². The smallest absolute Gasteiger partial charge is 0.355 e. The molecule has 1 aromatic carbocycles. The number of nitrogens with zero attached hydrogens (tertiary/aromatic N) is 1. The third-order valence-electron chi connectivity index (χ3n) is 2.87. The van der Waals surface area contributed by atoms with Crippen molar-refractivity contribution >= 4 is 28.4 Å². The summed E-state index contributed by atoms with van der Waals surface area (Å²) in [7, 11) is 1.18. The van der Waals surface area contributed by atoms with Crippen molar-refractivity contribution in [2.45, 2.75) is 6.92 Å². The van der Waals surface area contributed by atoms with Crippen LogP contribution in [0.2, 0.25) is 0 Å². The first-order valence-corrected chi connectivity index (χ1v) is 6.04. The quantitative estimate of drug-likeness (QED) is 0.524. The van der Waals surface area contributed by atoms with Crippen LogP contribution in [0.4, 0.5) is 5.69 Å². The molecule has 2 rings (SSSR count). The number of nitro groups is 1. The molecular formula is C13H12N2O6. The summed E-state index contributed by atoms with van der Waals surface area (Å²) in [5.74, 6) is -1.39. The molecule has 0 aliphatic rings. The van der Waals surface area contributed by atoms with E-state index >= 15 is 0 Å². The number of methoxy groups -OCH3 is 1. The number of hydrogen-bond donors (Lipinski definition) is 1. The summed E-state index contributed by atoms with van der Waals surface area (Å²) in [6.07, 6.45) is 1.40. The van der Waals surface area contributed by atoms with Crippen molar-refractivity contribution in [3.05, 3.63) is 39.7 Å². The Hall–Kier alpha value is -2.90. The van der Waals surface area contributed by atoms with Gasteiger partial charge in [0, 0.05) is 17.6 Å². The number of ether oxygens (including phenoxy) is 2. The second-order valence-electron chi connectivity index (χ2n) is 4.09. The second kappa shape index (κ2) is 5.61. The van der Waals surface area contributed by atoms with Crippen LogP contribution in [0.1, 0.15) is 27.8 Å². The van der Waals surface area contributed by atoms with Gasteiger partial charge in [-0.25, -0.2) is 9.59 Å². The lowest BCUT2D eigenvalue weighted by Gasteiger charge is -2.03. The fraction of sp³-hybridized carbons (Fsp3) is 0.231. The van der Waals surface area contributed by atoms with Crippen molar-refractivity contribution in [2.24, 2.45) is 0 Å². The Morgan fingerprint density at radius 1 is 1.33 bits per heavy atom. The SMILES string of the molecule is CCOC(=O)c1[nH]cc2cc(C(=O)OC)cc([N+](=O)[O-])c12. The van der Waals surface area contributed by atoms with Crippen LogP contribution in [0.15, 0.2) is 18.3 Å². The van der Waals surface area contributed by atoms with Crippen LogP contribution in [0.25, 0.3) is 10.8 Å². The molecule has 1 aromatic heterocycles. The summed E-state index contributed by atoms with van der Waals surface area (Å²) in [4.78, 5) is 36.5. The number of nitro benzene ring substituents is 1. The largest absolute Gasteiger partial charge is 0.465 e. The predicted molar refractivity (Wildman–Crippen MR) is 72.2 cm³/mol. The number of hydrogen-bond acceptors (Lipinski definition) is 6. The van der Waals surface area contributed by atoms with E-state index in [0.717, 1.165) is 6.07 Å². The summed E-state index contributed by atoms with van der Waals surface area (Å²) in [6, 6.07) is 2.48. The molecule has 0 aliphatic heterocycles. The second-order valence-corrected chi connectivity index (χ2v) is 4.09. The maximum atomic E-state index is 11.8. The molecule has 110 valence electrons. The molecule has 8 heteroatoms. The van der Waals surface area contributed by atoms with Crippen LogP contribution < -0.4 is 0 Å². The van der Waals surface area contributed by atoms with Crippen LogP contribution in [-0.4, -0.2) is 35.6 Å². The van der Waals surface area contributed by atoms with Gasteiger partial charge in [-0.2, -0.15) is 0 Å². The standard InChI is InChI=1S/C13H12N2O6/c1-3-21-13(17)11-10-8(6-14-11)4-7(12(16)20-2)5-9(10)15(18)19/h4-6,14H,3H2,1-2H3. The van der Waals surface area contributed by atoms with E-state index in [1.165, 1.54) is 19.4 Å². The van der Waals surface area contributed by atoms with Crippen LogP contribution in [0, 0.1) is 10.1 Å². The zero-order valence-corrected chi connectivity index (χ0v) is 11.3. The van der Waals surface area contributed by atoms with Gasteiger partial charge in [0.25, 0.3) is 5.69 Å². The van der Waals surface area contributed by atoms with E-state index in [-0.39, 0.29) is 28.9 Å². The molecule has 1 N–H and O–H groups in total. The highest BCUT2D eigenvalue weighted by Gasteiger charge is 2.24. The highest BCUT2D eigenvalue weighted by molar-refractivity contribution is 6.09. The van der Waals surface area contributed by atoms with Crippen LogP contribution in [0.5, 0.6) is 0 Å². The first kappa shape index (κ1) is 14.5. The number of esters is 2. The highest BCUT2D eigenvalue weighted by Crippen LogP contribution is 2.31. The molecule has 0 spiro atoms. The summed E-state index contributed by atoms with van der Waals surface area (Å²) in [6.45, 7) is 1.78. The Labute approximate surface area is 118 Å². The number of aromatic amines is 1. The van der Waals surface area contributed by atoms with Crippen LogP contribution in [-0.2, 0) is 9.47 Å². The van der Waals surface area contributed by atoms with Gasteiger partial charge < -0.3 is 14.5 Å². The number of carbonyl (C=O) groups excluding carboxylic acids is 2. The van der Waals surface area contributed by atoms with Crippen molar-refractivity contribution in [3.8, 4) is 0 Å². The van der Waals surface area contributed by atoms with E-state index in [9.17, 15) is 19.7 Å². The highest BCUT2D eigenvalue weighted by atomic mass is 16.6. The first-order chi connectivity index (χ1) is 9.99. The monoisotopic (exact) mass is 292 g/mol. The van der Waals surface area contributed by atoms with Crippen molar-refractivity contribution in [2.75, 3.05) is 13.7 Å². The van der Waals surface area contributed by atoms with Crippen LogP contribution >= 0.6 is 0 Å². The number of carbonyl (C=O) groups is 2. The minimum atomic E-state index is -0.695. The number of H-pyrrole nitrogens is 1. The van der Waals surface area contributed by atoms with E-state index in [1.807, 2.05) is 0 Å². The molecule has 0 atom stereocenters. The van der Waals surface area contributed by atoms with E-state index in [4.69, 9.17) is 4.74 Å². The summed E-state index contributed by atoms with van der Waals surface area (Å²) in [5.41, 5.74) is -0.349. The molecule has 2 aromatic rings. The minimum absolute atomic E-state index is 0.0186. The van der Waals surface area contributed by atoms with E-state index in [0.29, 0.717) is 5.39 Å². The van der Waals surface area contributed by atoms with E-state index in [1.54, 1.807) is 6.92 Å². The third-order valence-corrected chi connectivity index (χ3v) is 2.87. The Morgan fingerprint density at radius 3 is 2.62 bits per heavy atom. The molecule has 1 heterocycles. The zero-order chi connectivity index (χ0) is 15.6. The molecule has 0 unspecified atom stereocenters. The molecule has 8 nitrogen and oxygen atoms in total. The average Bonchev–Trinajstić information content (AvgIpc) is 2.89. The van der Waals surface area contributed by atoms with Crippen LogP contribution in [0.3, 0.4) is 0 Å². The average molecular weight is 292 g/mol. The molecular weight excluding hydrogens is 280 g/mol. The first-order valence-electron chi connectivity index (χ1n) is 6.04. The lowest BCUT2D eigenvalue weighted by Crippen LogP contribution is -2.07. The van der Waals surface area contributed by atoms with Gasteiger partial charge in [0.15, 0.2) is 0 Å². The molecule has 21 heavy (non-hydrogen) atoms. The number of fused-ring (bicyclic) bond motifs is 1. The van der Waals surface area contributed by atoms with Gasteiger partial charge in [0.2, 0.25) is 0 Å². The normalized spacial score (nSPS) is 10.4. The number of non-ortho nitro benzene ring substituents is 1. The van der Waals surface area contributed by atoms with E-state index < -0.39 is 16.9 Å². The Bertz CT molecular complexity index is 734. The van der Waals surface area contributed by atoms with Gasteiger partial charge in [-0.3, -0.25) is 10.1 Å². The fourth-order valence-electron chi connectivity index (χ4n) is 2.00. The van der Waals surface area contributed by atoms with Crippen molar-refractivity contribution < 1.29 is 24.0 Å².